The van der Waals surface area contributed by atoms with Gasteiger partial charge in [-0.3, -0.25) is 0 Å². The van der Waals surface area contributed by atoms with Crippen molar-refractivity contribution in [3.8, 4) is 11.5 Å². The lowest BCUT2D eigenvalue weighted by Gasteiger charge is -2.30. The molecule has 7 nitrogen and oxygen atoms in total. The van der Waals surface area contributed by atoms with Gasteiger partial charge in [-0.1, -0.05) is 0 Å². The Morgan fingerprint density at radius 2 is 1.86 bits per heavy atom. The standard InChI is InChI=1S/C21H30FNO6/c1-21(2,3)29-20(25)23-14-5-7-15(8-6-14)28-18-13-16(27-12-11-22)9-10-17(18)19(24)26-4/h9-10,13-15H,5-8,11-12H2,1-4H3,(H,23,25). The minimum absolute atomic E-state index is 0.0176. The van der Waals surface area contributed by atoms with E-state index in [9.17, 15) is 14.0 Å². The molecule has 1 aromatic rings. The summed E-state index contributed by atoms with van der Waals surface area (Å²) < 4.78 is 33.8. The third-order valence-corrected chi connectivity index (χ3v) is 4.39. The van der Waals surface area contributed by atoms with Crippen molar-refractivity contribution >= 4 is 12.1 Å². The number of alkyl carbamates (subject to hydrolysis) is 1. The Hall–Kier alpha value is -2.51. The van der Waals surface area contributed by atoms with E-state index in [-0.39, 0.29) is 24.3 Å². The van der Waals surface area contributed by atoms with Crippen LogP contribution in [0.25, 0.3) is 0 Å². The number of rotatable bonds is 7. The number of carbonyl (C=O) groups excluding carboxylic acids is 2. The van der Waals surface area contributed by atoms with Crippen LogP contribution in [0.1, 0.15) is 56.8 Å². The smallest absolute Gasteiger partial charge is 0.407 e. The highest BCUT2D eigenvalue weighted by atomic mass is 19.1. The molecule has 0 heterocycles. The molecule has 1 aliphatic rings. The molecular weight excluding hydrogens is 381 g/mol. The fourth-order valence-electron chi connectivity index (χ4n) is 3.10. The molecule has 0 spiro atoms. The quantitative estimate of drug-likeness (QED) is 0.682. The van der Waals surface area contributed by atoms with Gasteiger partial charge in [-0.2, -0.15) is 0 Å². The Morgan fingerprint density at radius 3 is 2.45 bits per heavy atom. The number of halogens is 1. The molecule has 0 aromatic heterocycles. The summed E-state index contributed by atoms with van der Waals surface area (Å²) in [6.07, 6.45) is 2.33. The summed E-state index contributed by atoms with van der Waals surface area (Å²) in [6.45, 7) is 4.78. The first-order chi connectivity index (χ1) is 13.7. The number of esters is 1. The molecule has 1 saturated carbocycles. The van der Waals surface area contributed by atoms with Crippen molar-refractivity contribution in [3.05, 3.63) is 23.8 Å². The monoisotopic (exact) mass is 411 g/mol. The van der Waals surface area contributed by atoms with E-state index < -0.39 is 24.3 Å². The number of benzene rings is 1. The summed E-state index contributed by atoms with van der Waals surface area (Å²) in [5, 5.41) is 2.88. The fourth-order valence-corrected chi connectivity index (χ4v) is 3.10. The van der Waals surface area contributed by atoms with Crippen molar-refractivity contribution in [1.82, 2.24) is 5.32 Å². The number of hydrogen-bond donors (Lipinski definition) is 1. The summed E-state index contributed by atoms with van der Waals surface area (Å²) in [5.74, 6) is 0.250. The van der Waals surface area contributed by atoms with E-state index in [4.69, 9.17) is 18.9 Å². The van der Waals surface area contributed by atoms with Gasteiger partial charge in [-0.25, -0.2) is 14.0 Å². The molecule has 1 amide bonds. The largest absolute Gasteiger partial charge is 0.491 e. The van der Waals surface area contributed by atoms with Gasteiger partial charge in [-0.15, -0.1) is 0 Å². The molecule has 0 aliphatic heterocycles. The topological polar surface area (TPSA) is 83.1 Å². The molecule has 1 N–H and O–H groups in total. The van der Waals surface area contributed by atoms with E-state index >= 15 is 0 Å². The Balaban J connectivity index is 1.96. The molecule has 29 heavy (non-hydrogen) atoms. The second-order valence-corrected chi connectivity index (χ2v) is 7.92. The van der Waals surface area contributed by atoms with Crippen LogP contribution in [0.3, 0.4) is 0 Å². The van der Waals surface area contributed by atoms with Crippen molar-refractivity contribution in [2.24, 2.45) is 0 Å². The van der Waals surface area contributed by atoms with E-state index in [0.29, 0.717) is 24.3 Å². The molecule has 0 atom stereocenters. The molecule has 1 fully saturated rings. The lowest BCUT2D eigenvalue weighted by molar-refractivity contribution is 0.0465. The Morgan fingerprint density at radius 1 is 1.17 bits per heavy atom. The number of carbonyl (C=O) groups is 2. The van der Waals surface area contributed by atoms with Crippen LogP contribution in [0, 0.1) is 0 Å². The fraction of sp³-hybridized carbons (Fsp3) is 0.619. The number of methoxy groups -OCH3 is 1. The van der Waals surface area contributed by atoms with Gasteiger partial charge in [0.25, 0.3) is 0 Å². The third-order valence-electron chi connectivity index (χ3n) is 4.39. The summed E-state index contributed by atoms with van der Waals surface area (Å²) in [6, 6.07) is 4.72. The lowest BCUT2D eigenvalue weighted by Crippen LogP contribution is -2.42. The Labute approximate surface area is 170 Å². The van der Waals surface area contributed by atoms with Gasteiger partial charge in [0.05, 0.1) is 13.2 Å². The molecule has 8 heteroatoms. The SMILES string of the molecule is COC(=O)c1ccc(OCCF)cc1OC1CCC(NC(=O)OC(C)(C)C)CC1. The third kappa shape index (κ3) is 7.44. The van der Waals surface area contributed by atoms with Crippen LogP contribution in [0.2, 0.25) is 0 Å². The number of ether oxygens (including phenoxy) is 4. The molecule has 1 aromatic carbocycles. The van der Waals surface area contributed by atoms with Crippen LogP contribution in [0.4, 0.5) is 9.18 Å². The predicted molar refractivity (Wildman–Crippen MR) is 105 cm³/mol. The number of hydrogen-bond acceptors (Lipinski definition) is 6. The van der Waals surface area contributed by atoms with Crippen molar-refractivity contribution in [2.75, 3.05) is 20.4 Å². The minimum atomic E-state index is -0.608. The molecule has 2 rings (SSSR count). The van der Waals surface area contributed by atoms with Crippen molar-refractivity contribution in [1.29, 1.82) is 0 Å². The van der Waals surface area contributed by atoms with Gasteiger partial charge < -0.3 is 24.3 Å². The van der Waals surface area contributed by atoms with Crippen LogP contribution in [0.15, 0.2) is 18.2 Å². The average Bonchev–Trinajstić information content (AvgIpc) is 2.66. The van der Waals surface area contributed by atoms with E-state index in [2.05, 4.69) is 5.32 Å². The van der Waals surface area contributed by atoms with Crippen LogP contribution in [-0.2, 0) is 9.47 Å². The van der Waals surface area contributed by atoms with Crippen LogP contribution < -0.4 is 14.8 Å². The molecule has 0 unspecified atom stereocenters. The van der Waals surface area contributed by atoms with Gasteiger partial charge >= 0.3 is 12.1 Å². The first-order valence-electron chi connectivity index (χ1n) is 9.79. The van der Waals surface area contributed by atoms with Gasteiger partial charge in [0.1, 0.15) is 35.9 Å². The van der Waals surface area contributed by atoms with Gasteiger partial charge in [0.2, 0.25) is 0 Å². The maximum Gasteiger partial charge on any atom is 0.407 e. The van der Waals surface area contributed by atoms with Crippen LogP contribution in [-0.4, -0.2) is 50.2 Å². The molecule has 0 bridgehead atoms. The summed E-state index contributed by atoms with van der Waals surface area (Å²) in [7, 11) is 1.30. The maximum atomic E-state index is 12.4. The van der Waals surface area contributed by atoms with E-state index in [1.54, 1.807) is 18.2 Å². The van der Waals surface area contributed by atoms with Crippen LogP contribution >= 0.6 is 0 Å². The summed E-state index contributed by atoms with van der Waals surface area (Å²) >= 11 is 0. The second kappa shape index (κ2) is 10.3. The zero-order valence-corrected chi connectivity index (χ0v) is 17.5. The molecular formula is C21H30FNO6. The highest BCUT2D eigenvalue weighted by Crippen LogP contribution is 2.30. The highest BCUT2D eigenvalue weighted by molar-refractivity contribution is 5.92. The zero-order valence-electron chi connectivity index (χ0n) is 17.5. The van der Waals surface area contributed by atoms with Crippen LogP contribution in [0.5, 0.6) is 11.5 Å². The molecule has 162 valence electrons. The second-order valence-electron chi connectivity index (χ2n) is 7.92. The lowest BCUT2D eigenvalue weighted by atomic mass is 9.93. The Bertz CT molecular complexity index is 695. The van der Waals surface area contributed by atoms with E-state index in [1.165, 1.54) is 7.11 Å². The number of nitrogens with one attached hydrogen (secondary N) is 1. The maximum absolute atomic E-state index is 12.4. The minimum Gasteiger partial charge on any atom is -0.491 e. The first-order valence-corrected chi connectivity index (χ1v) is 9.79. The summed E-state index contributed by atoms with van der Waals surface area (Å²) in [5.41, 5.74) is -0.252. The predicted octanol–water partition coefficient (Wildman–Crippen LogP) is 4.04. The van der Waals surface area contributed by atoms with E-state index in [1.807, 2.05) is 20.8 Å². The number of amides is 1. The molecule has 0 saturated heterocycles. The number of alkyl halides is 1. The van der Waals surface area contributed by atoms with Crippen molar-refractivity contribution < 1.29 is 32.9 Å². The normalized spacial score (nSPS) is 19.2. The zero-order chi connectivity index (χ0) is 21.4. The first kappa shape index (κ1) is 22.8. The van der Waals surface area contributed by atoms with Crippen molar-refractivity contribution in [3.63, 3.8) is 0 Å². The highest BCUT2D eigenvalue weighted by Gasteiger charge is 2.27. The molecule has 1 aliphatic carbocycles. The molecule has 0 radical (unpaired) electrons. The Kier molecular flexibility index (Phi) is 8.10. The van der Waals surface area contributed by atoms with Gasteiger partial charge in [0, 0.05) is 12.1 Å². The average molecular weight is 411 g/mol. The summed E-state index contributed by atoms with van der Waals surface area (Å²) in [4.78, 5) is 23.9. The van der Waals surface area contributed by atoms with Gasteiger partial charge in [-0.05, 0) is 58.6 Å². The van der Waals surface area contributed by atoms with E-state index in [0.717, 1.165) is 12.8 Å². The van der Waals surface area contributed by atoms with Gasteiger partial charge in [0.15, 0.2) is 0 Å². The van der Waals surface area contributed by atoms with Crippen molar-refractivity contribution in [2.45, 2.75) is 64.2 Å².